The van der Waals surface area contributed by atoms with Crippen LogP contribution in [0.15, 0.2) is 6.07 Å². The zero-order chi connectivity index (χ0) is 10.1. The zero-order valence-electron chi connectivity index (χ0n) is 8.08. The maximum atomic E-state index is 9.40. The summed E-state index contributed by atoms with van der Waals surface area (Å²) < 4.78 is 5.45. The summed E-state index contributed by atoms with van der Waals surface area (Å²) >= 11 is 0. The van der Waals surface area contributed by atoms with E-state index in [0.29, 0.717) is 23.8 Å². The predicted octanol–water partition coefficient (Wildman–Crippen LogP) is 2.00. The van der Waals surface area contributed by atoms with Gasteiger partial charge < -0.3 is 14.9 Å². The van der Waals surface area contributed by atoms with E-state index < -0.39 is 0 Å². The summed E-state index contributed by atoms with van der Waals surface area (Å²) in [7, 11) is 0. The summed E-state index contributed by atoms with van der Waals surface area (Å²) in [6.45, 7) is 2.40. The van der Waals surface area contributed by atoms with E-state index in [1.165, 1.54) is 18.9 Å². The minimum Gasteiger partial charge on any atom is -0.507 e. The highest BCUT2D eigenvalue weighted by atomic mass is 16.5. The quantitative estimate of drug-likeness (QED) is 0.771. The molecule has 0 amide bonds. The molecule has 0 saturated heterocycles. The lowest BCUT2D eigenvalue weighted by Crippen LogP contribution is -2.00. The van der Waals surface area contributed by atoms with Gasteiger partial charge >= 0.3 is 0 Å². The van der Waals surface area contributed by atoms with Gasteiger partial charge in [0.1, 0.15) is 17.2 Å². The van der Waals surface area contributed by atoms with E-state index in [9.17, 15) is 10.2 Å². The van der Waals surface area contributed by atoms with Crippen LogP contribution in [0.4, 0.5) is 0 Å². The van der Waals surface area contributed by atoms with Gasteiger partial charge in [-0.15, -0.1) is 0 Å². The first-order chi connectivity index (χ1) is 6.66. The molecule has 0 spiro atoms. The fraction of sp³-hybridized carbons (Fsp3) is 0.455. The number of hydrogen-bond donors (Lipinski definition) is 2. The summed E-state index contributed by atoms with van der Waals surface area (Å²) in [5.41, 5.74) is 0.628. The standard InChI is InChI=1S/C11H13O3/c1-7-10(13)4-9(12)5-11(7)14-6-8-2-3-8/h4,8,12-13H,2-3,6H2,1H3. The Hall–Kier alpha value is -1.38. The van der Waals surface area contributed by atoms with Crippen LogP contribution in [-0.2, 0) is 0 Å². The summed E-state index contributed by atoms with van der Waals surface area (Å²) in [5.74, 6) is 1.06. The van der Waals surface area contributed by atoms with Crippen molar-refractivity contribution in [2.24, 2.45) is 5.92 Å². The second-order valence-corrected chi connectivity index (χ2v) is 3.75. The van der Waals surface area contributed by atoms with Crippen LogP contribution < -0.4 is 4.74 Å². The Bertz CT molecular complexity index is 343. The van der Waals surface area contributed by atoms with E-state index in [-0.39, 0.29) is 11.5 Å². The normalized spacial score (nSPS) is 15.5. The van der Waals surface area contributed by atoms with Crippen LogP contribution in [0.5, 0.6) is 17.2 Å². The molecular formula is C11H13O3. The largest absolute Gasteiger partial charge is 0.507 e. The third-order valence-electron chi connectivity index (χ3n) is 2.40. The second-order valence-electron chi connectivity index (χ2n) is 3.75. The first-order valence-electron chi connectivity index (χ1n) is 4.74. The van der Waals surface area contributed by atoms with Crippen LogP contribution in [0.1, 0.15) is 18.4 Å². The molecule has 14 heavy (non-hydrogen) atoms. The SMILES string of the molecule is Cc1c(OCC2CC2)[c]c(O)cc1O. The van der Waals surface area contributed by atoms with Gasteiger partial charge in [-0.3, -0.25) is 0 Å². The second kappa shape index (κ2) is 3.40. The molecule has 1 aromatic carbocycles. The molecule has 1 fully saturated rings. The van der Waals surface area contributed by atoms with Gasteiger partial charge in [-0.1, -0.05) is 0 Å². The van der Waals surface area contributed by atoms with Crippen LogP contribution in [-0.4, -0.2) is 16.8 Å². The fourth-order valence-electron chi connectivity index (χ4n) is 1.23. The smallest absolute Gasteiger partial charge is 0.137 e. The highest BCUT2D eigenvalue weighted by Crippen LogP contribution is 2.34. The Labute approximate surface area is 83.0 Å². The van der Waals surface area contributed by atoms with Gasteiger partial charge in [0, 0.05) is 11.6 Å². The number of hydrogen-bond acceptors (Lipinski definition) is 3. The average molecular weight is 193 g/mol. The molecule has 0 atom stereocenters. The van der Waals surface area contributed by atoms with E-state index in [1.807, 2.05) is 0 Å². The van der Waals surface area contributed by atoms with Crippen LogP contribution >= 0.6 is 0 Å². The summed E-state index contributed by atoms with van der Waals surface area (Å²) in [6, 6.07) is 3.94. The van der Waals surface area contributed by atoms with Crippen molar-refractivity contribution in [1.82, 2.24) is 0 Å². The molecule has 0 aliphatic heterocycles. The van der Waals surface area contributed by atoms with Crippen molar-refractivity contribution in [3.8, 4) is 17.2 Å². The number of phenols is 2. The van der Waals surface area contributed by atoms with Crippen molar-refractivity contribution in [1.29, 1.82) is 0 Å². The third kappa shape index (κ3) is 1.92. The molecule has 1 saturated carbocycles. The maximum absolute atomic E-state index is 9.40. The summed E-state index contributed by atoms with van der Waals surface area (Å²) in [4.78, 5) is 0. The Morgan fingerprint density at radius 2 is 2.21 bits per heavy atom. The van der Waals surface area contributed by atoms with Crippen molar-refractivity contribution >= 4 is 0 Å². The van der Waals surface area contributed by atoms with Crippen LogP contribution in [0.3, 0.4) is 0 Å². The molecule has 2 rings (SSSR count). The van der Waals surface area contributed by atoms with Gasteiger partial charge in [-0.2, -0.15) is 0 Å². The van der Waals surface area contributed by atoms with Crippen molar-refractivity contribution < 1.29 is 14.9 Å². The number of benzene rings is 1. The lowest BCUT2D eigenvalue weighted by atomic mass is 10.2. The minimum atomic E-state index is -0.0844. The van der Waals surface area contributed by atoms with Crippen molar-refractivity contribution in [2.45, 2.75) is 19.8 Å². The van der Waals surface area contributed by atoms with Gasteiger partial charge in [-0.25, -0.2) is 0 Å². The topological polar surface area (TPSA) is 49.7 Å². The van der Waals surface area contributed by atoms with E-state index >= 15 is 0 Å². The molecule has 1 aromatic rings. The number of aromatic hydroxyl groups is 2. The van der Waals surface area contributed by atoms with E-state index in [2.05, 4.69) is 6.07 Å². The first-order valence-corrected chi connectivity index (χ1v) is 4.74. The molecule has 0 aromatic heterocycles. The molecule has 1 aliphatic carbocycles. The monoisotopic (exact) mass is 193 g/mol. The van der Waals surface area contributed by atoms with Gasteiger partial charge in [0.25, 0.3) is 0 Å². The van der Waals surface area contributed by atoms with Crippen molar-refractivity contribution in [3.05, 3.63) is 17.7 Å². The van der Waals surface area contributed by atoms with Gasteiger partial charge in [0.15, 0.2) is 0 Å². The Morgan fingerprint density at radius 1 is 1.50 bits per heavy atom. The van der Waals surface area contributed by atoms with Crippen LogP contribution in [0.2, 0.25) is 0 Å². The van der Waals surface area contributed by atoms with Gasteiger partial charge in [0.2, 0.25) is 0 Å². The van der Waals surface area contributed by atoms with E-state index in [4.69, 9.17) is 4.74 Å². The molecular weight excluding hydrogens is 180 g/mol. The van der Waals surface area contributed by atoms with E-state index in [0.717, 1.165) is 0 Å². The maximum Gasteiger partial charge on any atom is 0.137 e. The average Bonchev–Trinajstić information content (AvgIpc) is 2.92. The summed E-state index contributed by atoms with van der Waals surface area (Å²) in [5, 5.41) is 18.6. The van der Waals surface area contributed by atoms with Crippen LogP contribution in [0, 0.1) is 18.9 Å². The first kappa shape index (κ1) is 9.19. The van der Waals surface area contributed by atoms with Crippen molar-refractivity contribution in [3.63, 3.8) is 0 Å². The molecule has 0 unspecified atom stereocenters. The van der Waals surface area contributed by atoms with Crippen molar-refractivity contribution in [2.75, 3.05) is 6.61 Å². The molecule has 1 aliphatic rings. The molecule has 2 N–H and O–H groups in total. The minimum absolute atomic E-state index is 0.0482. The van der Waals surface area contributed by atoms with Gasteiger partial charge in [-0.05, 0) is 25.7 Å². The third-order valence-corrected chi connectivity index (χ3v) is 2.40. The predicted molar refractivity (Wildman–Crippen MR) is 51.6 cm³/mol. The molecule has 3 nitrogen and oxygen atoms in total. The highest BCUT2D eigenvalue weighted by Gasteiger charge is 2.22. The summed E-state index contributed by atoms with van der Waals surface area (Å²) in [6.07, 6.45) is 2.42. The molecule has 3 heteroatoms. The number of phenolic OH excluding ortho intramolecular Hbond substituents is 2. The highest BCUT2D eigenvalue weighted by molar-refractivity contribution is 5.47. The lowest BCUT2D eigenvalue weighted by molar-refractivity contribution is 0.293. The molecule has 0 heterocycles. The lowest BCUT2D eigenvalue weighted by Gasteiger charge is -2.09. The Kier molecular flexibility index (Phi) is 2.23. The number of ether oxygens (including phenoxy) is 1. The Morgan fingerprint density at radius 3 is 2.86 bits per heavy atom. The zero-order valence-corrected chi connectivity index (χ0v) is 8.08. The van der Waals surface area contributed by atoms with Crippen LogP contribution in [0.25, 0.3) is 0 Å². The van der Waals surface area contributed by atoms with Gasteiger partial charge in [0.05, 0.1) is 12.7 Å². The molecule has 1 radical (unpaired) electrons. The molecule has 0 bridgehead atoms. The fourth-order valence-corrected chi connectivity index (χ4v) is 1.23. The number of rotatable bonds is 3. The van der Waals surface area contributed by atoms with E-state index in [1.54, 1.807) is 6.92 Å². The molecule has 75 valence electrons. The Balaban J connectivity index is 2.13.